The SMILES string of the molecule is Cc1ccccc1CNC(=O)C1CCN(Cc2cc3ccccc3n2Cc2cccc(Cl)c2)CC1. The molecule has 3 aromatic carbocycles. The van der Waals surface area contributed by atoms with E-state index in [0.29, 0.717) is 6.54 Å². The van der Waals surface area contributed by atoms with Crippen LogP contribution in [0.4, 0.5) is 0 Å². The van der Waals surface area contributed by atoms with Crippen LogP contribution in [-0.4, -0.2) is 28.5 Å². The molecule has 1 saturated heterocycles. The Morgan fingerprint density at radius 3 is 2.51 bits per heavy atom. The molecule has 0 bridgehead atoms. The molecule has 2 heterocycles. The number of hydrogen-bond donors (Lipinski definition) is 1. The van der Waals surface area contributed by atoms with Gasteiger partial charge in [0, 0.05) is 41.8 Å². The van der Waals surface area contributed by atoms with E-state index in [0.717, 1.165) is 44.0 Å². The minimum atomic E-state index is 0.0904. The van der Waals surface area contributed by atoms with Gasteiger partial charge in [0.25, 0.3) is 0 Å². The van der Waals surface area contributed by atoms with Gasteiger partial charge in [-0.05, 0) is 79.2 Å². The Balaban J connectivity index is 1.23. The monoisotopic (exact) mass is 485 g/mol. The lowest BCUT2D eigenvalue weighted by molar-refractivity contribution is -0.126. The first-order valence-electron chi connectivity index (χ1n) is 12.4. The Kier molecular flexibility index (Phi) is 7.21. The van der Waals surface area contributed by atoms with E-state index in [1.54, 1.807) is 0 Å². The molecule has 0 aliphatic carbocycles. The van der Waals surface area contributed by atoms with E-state index in [4.69, 9.17) is 11.6 Å². The Morgan fingerprint density at radius 2 is 1.71 bits per heavy atom. The fourth-order valence-corrected chi connectivity index (χ4v) is 5.33. The molecule has 1 N–H and O–H groups in total. The minimum Gasteiger partial charge on any atom is -0.352 e. The number of aryl methyl sites for hydroxylation is 1. The summed E-state index contributed by atoms with van der Waals surface area (Å²) in [7, 11) is 0. The third-order valence-corrected chi connectivity index (χ3v) is 7.42. The van der Waals surface area contributed by atoms with Crippen molar-refractivity contribution in [1.29, 1.82) is 0 Å². The van der Waals surface area contributed by atoms with Gasteiger partial charge >= 0.3 is 0 Å². The second-order valence-electron chi connectivity index (χ2n) is 9.61. The molecule has 0 saturated carbocycles. The summed E-state index contributed by atoms with van der Waals surface area (Å²) in [5.41, 5.74) is 6.15. The van der Waals surface area contributed by atoms with Crippen molar-refractivity contribution in [2.75, 3.05) is 13.1 Å². The van der Waals surface area contributed by atoms with Crippen LogP contribution >= 0.6 is 11.6 Å². The van der Waals surface area contributed by atoms with E-state index >= 15 is 0 Å². The van der Waals surface area contributed by atoms with Gasteiger partial charge in [0.1, 0.15) is 0 Å². The van der Waals surface area contributed by atoms with Crippen molar-refractivity contribution >= 4 is 28.4 Å². The maximum absolute atomic E-state index is 12.8. The van der Waals surface area contributed by atoms with Crippen LogP contribution in [0.25, 0.3) is 10.9 Å². The van der Waals surface area contributed by atoms with Crippen LogP contribution < -0.4 is 5.32 Å². The normalized spacial score (nSPS) is 14.9. The average molecular weight is 486 g/mol. The van der Waals surface area contributed by atoms with Crippen molar-refractivity contribution in [3.05, 3.63) is 106 Å². The molecule has 1 fully saturated rings. The zero-order valence-corrected chi connectivity index (χ0v) is 21.0. The zero-order chi connectivity index (χ0) is 24.2. The first-order chi connectivity index (χ1) is 17.1. The lowest BCUT2D eigenvalue weighted by atomic mass is 9.95. The number of para-hydroxylation sites is 1. The molecule has 4 aromatic rings. The lowest BCUT2D eigenvalue weighted by Gasteiger charge is -2.31. The molecule has 1 aliphatic heterocycles. The van der Waals surface area contributed by atoms with Crippen molar-refractivity contribution in [3.8, 4) is 0 Å². The van der Waals surface area contributed by atoms with Crippen molar-refractivity contribution in [3.63, 3.8) is 0 Å². The van der Waals surface area contributed by atoms with Gasteiger partial charge in [-0.3, -0.25) is 9.69 Å². The van der Waals surface area contributed by atoms with Crippen LogP contribution in [0.5, 0.6) is 0 Å². The van der Waals surface area contributed by atoms with Gasteiger partial charge in [0.2, 0.25) is 5.91 Å². The van der Waals surface area contributed by atoms with E-state index < -0.39 is 0 Å². The van der Waals surface area contributed by atoms with Gasteiger partial charge in [-0.2, -0.15) is 0 Å². The molecule has 0 radical (unpaired) electrons. The van der Waals surface area contributed by atoms with Crippen LogP contribution in [0.15, 0.2) is 78.9 Å². The van der Waals surface area contributed by atoms with Gasteiger partial charge in [0.05, 0.1) is 0 Å². The highest BCUT2D eigenvalue weighted by Crippen LogP contribution is 2.25. The maximum Gasteiger partial charge on any atom is 0.223 e. The summed E-state index contributed by atoms with van der Waals surface area (Å²) in [4.78, 5) is 15.3. The standard InChI is InChI=1S/C30H32ClN3O/c1-22-7-2-3-10-26(22)19-32-30(35)24-13-15-33(16-14-24)21-28-18-25-9-4-5-12-29(25)34(28)20-23-8-6-11-27(31)17-23/h2-12,17-18,24H,13-16,19-21H2,1H3,(H,32,35). The number of nitrogens with zero attached hydrogens (tertiary/aromatic N) is 2. The predicted octanol–water partition coefficient (Wildman–Crippen LogP) is 6.18. The number of rotatable bonds is 7. The average Bonchev–Trinajstić information content (AvgIpc) is 3.20. The number of nitrogens with one attached hydrogen (secondary N) is 1. The fourth-order valence-electron chi connectivity index (χ4n) is 5.12. The molecule has 1 aliphatic rings. The van der Waals surface area contributed by atoms with Crippen molar-refractivity contribution in [2.45, 2.75) is 39.4 Å². The first kappa shape index (κ1) is 23.7. The number of carbonyl (C=O) groups excluding carboxylic acids is 1. The Hall–Kier alpha value is -3.08. The van der Waals surface area contributed by atoms with Crippen LogP contribution in [0.1, 0.15) is 35.2 Å². The highest BCUT2D eigenvalue weighted by atomic mass is 35.5. The van der Waals surface area contributed by atoms with E-state index in [-0.39, 0.29) is 11.8 Å². The van der Waals surface area contributed by atoms with Crippen molar-refractivity contribution in [1.82, 2.24) is 14.8 Å². The number of halogens is 1. The Morgan fingerprint density at radius 1 is 0.943 bits per heavy atom. The summed E-state index contributed by atoms with van der Waals surface area (Å²) in [6.07, 6.45) is 1.79. The molecule has 4 nitrogen and oxygen atoms in total. The van der Waals surface area contributed by atoms with E-state index in [1.165, 1.54) is 33.3 Å². The molecule has 0 unspecified atom stereocenters. The van der Waals surface area contributed by atoms with Crippen LogP contribution in [0.2, 0.25) is 5.02 Å². The van der Waals surface area contributed by atoms with E-state index in [1.807, 2.05) is 30.3 Å². The zero-order valence-electron chi connectivity index (χ0n) is 20.2. The largest absolute Gasteiger partial charge is 0.352 e. The summed E-state index contributed by atoms with van der Waals surface area (Å²) in [6.45, 7) is 6.23. The summed E-state index contributed by atoms with van der Waals surface area (Å²) in [6, 6.07) is 27.2. The lowest BCUT2D eigenvalue weighted by Crippen LogP contribution is -2.40. The second kappa shape index (κ2) is 10.7. The number of hydrogen-bond acceptors (Lipinski definition) is 2. The number of carbonyl (C=O) groups is 1. The summed E-state index contributed by atoms with van der Waals surface area (Å²) < 4.78 is 2.40. The van der Waals surface area contributed by atoms with Crippen molar-refractivity contribution < 1.29 is 4.79 Å². The molecule has 5 heteroatoms. The smallest absolute Gasteiger partial charge is 0.223 e. The number of likely N-dealkylation sites (tertiary alicyclic amines) is 1. The molecule has 5 rings (SSSR count). The van der Waals surface area contributed by atoms with Crippen LogP contribution in [0.3, 0.4) is 0 Å². The molecule has 180 valence electrons. The van der Waals surface area contributed by atoms with Gasteiger partial charge in [-0.15, -0.1) is 0 Å². The maximum atomic E-state index is 12.8. The summed E-state index contributed by atoms with van der Waals surface area (Å²) in [5.74, 6) is 0.274. The topological polar surface area (TPSA) is 37.3 Å². The summed E-state index contributed by atoms with van der Waals surface area (Å²) >= 11 is 6.25. The third kappa shape index (κ3) is 5.61. The molecule has 0 spiro atoms. The van der Waals surface area contributed by atoms with Crippen LogP contribution in [0, 0.1) is 12.8 Å². The first-order valence-corrected chi connectivity index (χ1v) is 12.8. The number of fused-ring (bicyclic) bond motifs is 1. The number of aromatic nitrogens is 1. The van der Waals surface area contributed by atoms with Crippen molar-refractivity contribution in [2.24, 2.45) is 5.92 Å². The third-order valence-electron chi connectivity index (χ3n) is 7.18. The minimum absolute atomic E-state index is 0.0904. The van der Waals surface area contributed by atoms with Gasteiger partial charge in [-0.25, -0.2) is 0 Å². The molecule has 35 heavy (non-hydrogen) atoms. The van der Waals surface area contributed by atoms with E-state index in [9.17, 15) is 4.79 Å². The van der Waals surface area contributed by atoms with E-state index in [2.05, 4.69) is 70.2 Å². The number of benzene rings is 3. The molecule has 1 amide bonds. The molecular weight excluding hydrogens is 454 g/mol. The van der Waals surface area contributed by atoms with Gasteiger partial charge in [-0.1, -0.05) is 66.2 Å². The Bertz CT molecular complexity index is 1320. The number of piperidine rings is 1. The molecule has 0 atom stereocenters. The van der Waals surface area contributed by atoms with Crippen LogP contribution in [-0.2, 0) is 24.4 Å². The predicted molar refractivity (Wildman–Crippen MR) is 144 cm³/mol. The molecular formula is C30H32ClN3O. The second-order valence-corrected chi connectivity index (χ2v) is 10.0. The number of amides is 1. The molecule has 1 aromatic heterocycles. The highest BCUT2D eigenvalue weighted by molar-refractivity contribution is 6.30. The van der Waals surface area contributed by atoms with Gasteiger partial charge in [0.15, 0.2) is 0 Å². The quantitative estimate of drug-likeness (QED) is 0.339. The highest BCUT2D eigenvalue weighted by Gasteiger charge is 2.25. The van der Waals surface area contributed by atoms with Gasteiger partial charge < -0.3 is 9.88 Å². The Labute approximate surface area is 212 Å². The fraction of sp³-hybridized carbons (Fsp3) is 0.300. The summed E-state index contributed by atoms with van der Waals surface area (Å²) in [5, 5.41) is 5.19.